The molecule has 0 fully saturated rings. The third-order valence-electron chi connectivity index (χ3n) is 5.45. The molecule has 3 aromatic rings. The fourth-order valence-electron chi connectivity index (χ4n) is 3.65. The summed E-state index contributed by atoms with van der Waals surface area (Å²) in [5.41, 5.74) is 2.96. The van der Waals surface area contributed by atoms with Gasteiger partial charge in [-0.25, -0.2) is 0 Å². The molecule has 0 unspecified atom stereocenters. The van der Waals surface area contributed by atoms with Crippen LogP contribution in [0.4, 0.5) is 17.1 Å². The number of aromatic nitrogens is 1. The summed E-state index contributed by atoms with van der Waals surface area (Å²) in [4.78, 5) is 39.6. The molecular formula is C27H30N6O3S. The molecule has 0 aliphatic rings. The van der Waals surface area contributed by atoms with Gasteiger partial charge in [0.05, 0.1) is 6.54 Å². The van der Waals surface area contributed by atoms with Crippen LogP contribution in [-0.4, -0.2) is 36.5 Å². The minimum atomic E-state index is -0.510. The number of hydrogen-bond acceptors (Lipinski definition) is 7. The summed E-state index contributed by atoms with van der Waals surface area (Å²) >= 11 is 1.07. The van der Waals surface area contributed by atoms with Crippen LogP contribution in [0.15, 0.2) is 53.3 Å². The van der Waals surface area contributed by atoms with E-state index in [-0.39, 0.29) is 23.6 Å². The number of likely N-dealkylation sites (N-methyl/N-ethyl adjacent to an activating group) is 1. The molecule has 2 amide bonds. The van der Waals surface area contributed by atoms with Crippen molar-refractivity contribution < 1.29 is 9.59 Å². The van der Waals surface area contributed by atoms with Gasteiger partial charge < -0.3 is 20.9 Å². The van der Waals surface area contributed by atoms with Gasteiger partial charge in [-0.15, -0.1) is 11.3 Å². The molecule has 37 heavy (non-hydrogen) atoms. The zero-order valence-electron chi connectivity index (χ0n) is 21.3. The maximum Gasteiger partial charge on any atom is 0.270 e. The number of thiazole rings is 1. The predicted molar refractivity (Wildman–Crippen MR) is 149 cm³/mol. The SMILES string of the molecule is CCNC(=O)C(C#N)=c1sc(=CNc2cccc(NC(=O)CN(C)c3cccc(C)c3)c2)c(=O)n1CC. The Bertz CT molecular complexity index is 1520. The van der Waals surface area contributed by atoms with Crippen LogP contribution in [-0.2, 0) is 16.1 Å². The minimum Gasteiger partial charge on any atom is -0.365 e. The van der Waals surface area contributed by atoms with Crippen molar-refractivity contribution in [2.24, 2.45) is 0 Å². The molecule has 0 spiro atoms. The van der Waals surface area contributed by atoms with Crippen molar-refractivity contribution in [2.45, 2.75) is 27.3 Å². The first-order valence-corrected chi connectivity index (χ1v) is 12.7. The van der Waals surface area contributed by atoms with Gasteiger partial charge >= 0.3 is 0 Å². The van der Waals surface area contributed by atoms with Crippen molar-refractivity contribution in [3.8, 4) is 6.07 Å². The number of amides is 2. The molecule has 1 aromatic heterocycles. The number of carbonyl (C=O) groups is 2. The molecule has 0 aliphatic heterocycles. The number of benzene rings is 2. The normalized spacial score (nSPS) is 11.9. The molecule has 1 heterocycles. The monoisotopic (exact) mass is 518 g/mol. The van der Waals surface area contributed by atoms with Crippen molar-refractivity contribution in [1.82, 2.24) is 9.88 Å². The van der Waals surface area contributed by atoms with E-state index in [0.29, 0.717) is 33.7 Å². The number of nitrogens with one attached hydrogen (secondary N) is 3. The molecule has 9 nitrogen and oxygen atoms in total. The number of nitriles is 1. The summed E-state index contributed by atoms with van der Waals surface area (Å²) in [6.45, 7) is 6.43. The lowest BCUT2D eigenvalue weighted by Gasteiger charge is -2.19. The number of rotatable bonds is 9. The van der Waals surface area contributed by atoms with Crippen molar-refractivity contribution in [3.05, 3.63) is 73.6 Å². The first-order valence-electron chi connectivity index (χ1n) is 11.8. The first kappa shape index (κ1) is 27.2. The molecular weight excluding hydrogens is 488 g/mol. The molecule has 10 heteroatoms. The van der Waals surface area contributed by atoms with E-state index in [4.69, 9.17) is 0 Å². The smallest absolute Gasteiger partial charge is 0.270 e. The summed E-state index contributed by atoms with van der Waals surface area (Å²) in [5.74, 6) is -0.673. The topological polar surface area (TPSA) is 119 Å². The lowest BCUT2D eigenvalue weighted by atomic mass is 10.2. The van der Waals surface area contributed by atoms with Gasteiger partial charge in [0.25, 0.3) is 11.5 Å². The second kappa shape index (κ2) is 12.6. The summed E-state index contributed by atoms with van der Waals surface area (Å²) in [7, 11) is 1.86. The maximum atomic E-state index is 12.9. The van der Waals surface area contributed by atoms with Crippen LogP contribution in [0.1, 0.15) is 19.4 Å². The fourth-order valence-corrected chi connectivity index (χ4v) is 4.73. The van der Waals surface area contributed by atoms with Gasteiger partial charge in [0.15, 0.2) is 5.57 Å². The van der Waals surface area contributed by atoms with Crippen LogP contribution in [0, 0.1) is 18.3 Å². The van der Waals surface area contributed by atoms with E-state index in [2.05, 4.69) is 16.0 Å². The highest BCUT2D eigenvalue weighted by Crippen LogP contribution is 2.17. The number of carbonyl (C=O) groups excluding carboxylic acids is 2. The second-order valence-electron chi connectivity index (χ2n) is 8.28. The molecule has 0 aliphatic carbocycles. The number of hydrogen-bond donors (Lipinski definition) is 3. The Hall–Kier alpha value is -4.36. The van der Waals surface area contributed by atoms with Gasteiger partial charge in [-0.2, -0.15) is 5.26 Å². The summed E-state index contributed by atoms with van der Waals surface area (Å²) in [5, 5.41) is 18.1. The fraction of sp³-hybridized carbons (Fsp3) is 0.259. The lowest BCUT2D eigenvalue weighted by molar-refractivity contribution is -0.116. The van der Waals surface area contributed by atoms with Crippen LogP contribution in [0.2, 0.25) is 0 Å². The van der Waals surface area contributed by atoms with E-state index in [1.165, 1.54) is 4.57 Å². The molecule has 0 radical (unpaired) electrons. The highest BCUT2D eigenvalue weighted by molar-refractivity contribution is 7.07. The van der Waals surface area contributed by atoms with Crippen LogP contribution < -0.4 is 35.6 Å². The van der Waals surface area contributed by atoms with Gasteiger partial charge in [0.1, 0.15) is 15.3 Å². The van der Waals surface area contributed by atoms with Crippen molar-refractivity contribution >= 4 is 52.0 Å². The Kier molecular flexibility index (Phi) is 9.24. The molecule has 3 N–H and O–H groups in total. The standard InChI is InChI=1S/C27H30N6O3S/c1-5-29-25(35)22(15-28)27-33(6-2)26(36)23(37-27)16-30-19-10-8-11-20(14-19)31-24(34)17-32(4)21-12-7-9-18(3)13-21/h7-14,16,30H,5-6,17H2,1-4H3,(H,29,35)(H,31,34). The maximum absolute atomic E-state index is 12.9. The van der Waals surface area contributed by atoms with E-state index in [0.717, 1.165) is 22.6 Å². The highest BCUT2D eigenvalue weighted by atomic mass is 32.1. The lowest BCUT2D eigenvalue weighted by Crippen LogP contribution is -2.34. The number of aryl methyl sites for hydroxylation is 1. The van der Waals surface area contributed by atoms with E-state index in [1.807, 2.05) is 49.2 Å². The predicted octanol–water partition coefficient (Wildman–Crippen LogP) is 1.97. The molecule has 0 bridgehead atoms. The van der Waals surface area contributed by atoms with Crippen LogP contribution >= 0.6 is 11.3 Å². The van der Waals surface area contributed by atoms with E-state index >= 15 is 0 Å². The number of nitrogens with zero attached hydrogens (tertiary/aromatic N) is 3. The summed E-state index contributed by atoms with van der Waals surface area (Å²) in [6, 6.07) is 17.0. The quantitative estimate of drug-likeness (QED) is 0.399. The van der Waals surface area contributed by atoms with Gasteiger partial charge in [-0.1, -0.05) is 18.2 Å². The largest absolute Gasteiger partial charge is 0.365 e. The van der Waals surface area contributed by atoms with Crippen molar-refractivity contribution in [3.63, 3.8) is 0 Å². The van der Waals surface area contributed by atoms with Crippen LogP contribution in [0.5, 0.6) is 0 Å². The zero-order valence-corrected chi connectivity index (χ0v) is 22.1. The van der Waals surface area contributed by atoms with Gasteiger partial charge in [-0.05, 0) is 56.7 Å². The van der Waals surface area contributed by atoms with Crippen LogP contribution in [0.25, 0.3) is 11.8 Å². The van der Waals surface area contributed by atoms with Gasteiger partial charge in [0.2, 0.25) is 5.91 Å². The molecule has 3 rings (SSSR count). The third-order valence-corrected chi connectivity index (χ3v) is 6.58. The average Bonchev–Trinajstić information content (AvgIpc) is 3.18. The summed E-state index contributed by atoms with van der Waals surface area (Å²) < 4.78 is 2.07. The van der Waals surface area contributed by atoms with Crippen molar-refractivity contribution in [1.29, 1.82) is 5.26 Å². The third kappa shape index (κ3) is 6.86. The van der Waals surface area contributed by atoms with Gasteiger partial charge in [0, 0.05) is 43.4 Å². The average molecular weight is 519 g/mol. The van der Waals surface area contributed by atoms with E-state index in [9.17, 15) is 19.6 Å². The first-order chi connectivity index (χ1) is 17.8. The summed E-state index contributed by atoms with van der Waals surface area (Å²) in [6.07, 6.45) is 1.54. The molecule has 192 valence electrons. The minimum absolute atomic E-state index is 0.0919. The Labute approximate surface area is 219 Å². The molecule has 0 atom stereocenters. The number of anilines is 3. The Morgan fingerprint density at radius 1 is 1.14 bits per heavy atom. The second-order valence-corrected chi connectivity index (χ2v) is 9.31. The highest BCUT2D eigenvalue weighted by Gasteiger charge is 2.14. The van der Waals surface area contributed by atoms with E-state index in [1.54, 1.807) is 44.3 Å². The molecule has 0 saturated heterocycles. The van der Waals surface area contributed by atoms with Gasteiger partial charge in [-0.3, -0.25) is 19.0 Å². The zero-order chi connectivity index (χ0) is 26.9. The van der Waals surface area contributed by atoms with Crippen molar-refractivity contribution in [2.75, 3.05) is 35.7 Å². The molecule has 0 saturated carbocycles. The van der Waals surface area contributed by atoms with Crippen LogP contribution in [0.3, 0.4) is 0 Å². The Morgan fingerprint density at radius 3 is 2.54 bits per heavy atom. The Morgan fingerprint density at radius 2 is 1.86 bits per heavy atom. The molecule has 2 aromatic carbocycles. The van der Waals surface area contributed by atoms with E-state index < -0.39 is 5.91 Å². The Balaban J connectivity index is 1.79.